The van der Waals surface area contributed by atoms with Crippen LogP contribution in [0.25, 0.3) is 0 Å². The van der Waals surface area contributed by atoms with Gasteiger partial charge in [-0.2, -0.15) is 8.78 Å². The fourth-order valence-electron chi connectivity index (χ4n) is 1.60. The number of carbonyl (C=O) groups is 1. The molecule has 1 N–H and O–H groups in total. The molecule has 0 aliphatic heterocycles. The molecule has 0 heterocycles. The lowest BCUT2D eigenvalue weighted by atomic mass is 10.2. The summed E-state index contributed by atoms with van der Waals surface area (Å²) in [7, 11) is 0. The van der Waals surface area contributed by atoms with Crippen LogP contribution in [0.4, 0.5) is 14.5 Å². The fraction of sp³-hybridized carbons (Fsp3) is 0.0714. The molecular weight excluding hydrogens is 288 g/mol. The van der Waals surface area contributed by atoms with Crippen LogP contribution in [0, 0.1) is 0 Å². The number of amides is 1. The van der Waals surface area contributed by atoms with Crippen molar-refractivity contribution in [3.63, 3.8) is 0 Å². The van der Waals surface area contributed by atoms with Gasteiger partial charge in [0.1, 0.15) is 5.75 Å². The molecule has 104 valence electrons. The van der Waals surface area contributed by atoms with Crippen LogP contribution in [0.2, 0.25) is 5.02 Å². The van der Waals surface area contributed by atoms with Gasteiger partial charge in [-0.25, -0.2) is 0 Å². The van der Waals surface area contributed by atoms with Gasteiger partial charge in [-0.15, -0.1) is 0 Å². The third kappa shape index (κ3) is 3.45. The summed E-state index contributed by atoms with van der Waals surface area (Å²) in [5.41, 5.74) is 0.402. The van der Waals surface area contributed by atoms with Crippen molar-refractivity contribution < 1.29 is 18.3 Å². The van der Waals surface area contributed by atoms with E-state index >= 15 is 0 Å². The molecule has 0 saturated heterocycles. The van der Waals surface area contributed by atoms with Crippen molar-refractivity contribution in [1.82, 2.24) is 0 Å². The standard InChI is InChI=1S/C14H10ClF2NO2/c15-10-6-2-1-5-9(10)13(19)18-11-7-3-4-8-12(11)20-14(16)17/h1-8,14H,(H,18,19). The molecular formula is C14H10ClF2NO2. The van der Waals surface area contributed by atoms with Crippen LogP contribution in [0.1, 0.15) is 10.4 Å². The third-order valence-electron chi connectivity index (χ3n) is 2.47. The number of nitrogens with one attached hydrogen (secondary N) is 1. The number of alkyl halides is 2. The SMILES string of the molecule is O=C(Nc1ccccc1OC(F)F)c1ccccc1Cl. The van der Waals surface area contributed by atoms with Gasteiger partial charge in [0, 0.05) is 0 Å². The van der Waals surface area contributed by atoms with Gasteiger partial charge in [-0.05, 0) is 24.3 Å². The molecule has 0 fully saturated rings. The van der Waals surface area contributed by atoms with E-state index in [2.05, 4.69) is 10.1 Å². The molecule has 0 saturated carbocycles. The molecule has 0 bridgehead atoms. The molecule has 2 aromatic rings. The number of hydrogen-bond donors (Lipinski definition) is 1. The Hall–Kier alpha value is -2.14. The molecule has 2 aromatic carbocycles. The molecule has 0 radical (unpaired) electrons. The molecule has 20 heavy (non-hydrogen) atoms. The molecule has 0 aliphatic rings. The summed E-state index contributed by atoms with van der Waals surface area (Å²) in [5.74, 6) is -0.608. The summed E-state index contributed by atoms with van der Waals surface area (Å²) >= 11 is 5.90. The summed E-state index contributed by atoms with van der Waals surface area (Å²) in [5, 5.41) is 2.77. The number of benzene rings is 2. The van der Waals surface area contributed by atoms with E-state index in [1.807, 2.05) is 0 Å². The van der Waals surface area contributed by atoms with Crippen LogP contribution < -0.4 is 10.1 Å². The number of carbonyl (C=O) groups excluding carboxylic acids is 1. The Kier molecular flexibility index (Phi) is 4.53. The highest BCUT2D eigenvalue weighted by Gasteiger charge is 2.14. The van der Waals surface area contributed by atoms with Crippen molar-refractivity contribution in [1.29, 1.82) is 0 Å². The monoisotopic (exact) mass is 297 g/mol. The summed E-state index contributed by atoms with van der Waals surface area (Å²) in [6, 6.07) is 12.4. The number of rotatable bonds is 4. The Morgan fingerprint density at radius 3 is 2.45 bits per heavy atom. The van der Waals surface area contributed by atoms with Crippen molar-refractivity contribution in [2.45, 2.75) is 6.61 Å². The van der Waals surface area contributed by atoms with Gasteiger partial charge < -0.3 is 10.1 Å². The van der Waals surface area contributed by atoms with Gasteiger partial charge in [0.25, 0.3) is 5.91 Å². The molecule has 0 atom stereocenters. The Morgan fingerprint density at radius 2 is 1.75 bits per heavy atom. The van der Waals surface area contributed by atoms with Crippen molar-refractivity contribution in [2.24, 2.45) is 0 Å². The van der Waals surface area contributed by atoms with Crippen LogP contribution in [0.3, 0.4) is 0 Å². The minimum absolute atomic E-state index is 0.108. The smallest absolute Gasteiger partial charge is 0.387 e. The quantitative estimate of drug-likeness (QED) is 0.919. The molecule has 0 unspecified atom stereocenters. The zero-order chi connectivity index (χ0) is 14.5. The highest BCUT2D eigenvalue weighted by atomic mass is 35.5. The Balaban J connectivity index is 2.22. The second-order valence-electron chi connectivity index (χ2n) is 3.81. The van der Waals surface area contributed by atoms with E-state index in [0.717, 1.165) is 0 Å². The number of ether oxygens (including phenoxy) is 1. The first kappa shape index (κ1) is 14.3. The predicted octanol–water partition coefficient (Wildman–Crippen LogP) is 4.19. The van der Waals surface area contributed by atoms with E-state index in [4.69, 9.17) is 11.6 Å². The van der Waals surface area contributed by atoms with Crippen LogP contribution in [-0.4, -0.2) is 12.5 Å². The average Bonchev–Trinajstić information content (AvgIpc) is 2.41. The second kappa shape index (κ2) is 6.34. The van der Waals surface area contributed by atoms with Crippen molar-refractivity contribution in [2.75, 3.05) is 5.32 Å². The Bertz CT molecular complexity index is 620. The zero-order valence-electron chi connectivity index (χ0n) is 10.1. The first-order valence-electron chi connectivity index (χ1n) is 5.67. The fourth-order valence-corrected chi connectivity index (χ4v) is 1.83. The minimum atomic E-state index is -2.96. The van der Waals surface area contributed by atoms with Crippen molar-refractivity contribution in [3.8, 4) is 5.75 Å². The number of para-hydroxylation sites is 2. The molecule has 2 rings (SSSR count). The zero-order valence-corrected chi connectivity index (χ0v) is 10.9. The number of hydrogen-bond acceptors (Lipinski definition) is 2. The van der Waals surface area contributed by atoms with Gasteiger partial charge >= 0.3 is 6.61 Å². The van der Waals surface area contributed by atoms with Crippen LogP contribution in [0.15, 0.2) is 48.5 Å². The Labute approximate surface area is 119 Å². The highest BCUT2D eigenvalue weighted by Crippen LogP contribution is 2.26. The van der Waals surface area contributed by atoms with Gasteiger partial charge in [0.2, 0.25) is 0 Å². The molecule has 1 amide bonds. The van der Waals surface area contributed by atoms with Crippen molar-refractivity contribution in [3.05, 3.63) is 59.1 Å². The Morgan fingerprint density at radius 1 is 1.10 bits per heavy atom. The summed E-state index contributed by atoms with van der Waals surface area (Å²) < 4.78 is 28.9. The maximum absolute atomic E-state index is 12.3. The van der Waals surface area contributed by atoms with E-state index in [-0.39, 0.29) is 22.0 Å². The van der Waals surface area contributed by atoms with Crippen molar-refractivity contribution >= 4 is 23.2 Å². The molecule has 0 aliphatic carbocycles. The highest BCUT2D eigenvalue weighted by molar-refractivity contribution is 6.34. The lowest BCUT2D eigenvalue weighted by Gasteiger charge is -2.12. The van der Waals surface area contributed by atoms with Gasteiger partial charge in [0.05, 0.1) is 16.3 Å². The van der Waals surface area contributed by atoms with Crippen LogP contribution in [-0.2, 0) is 0 Å². The van der Waals surface area contributed by atoms with Gasteiger partial charge in [-0.1, -0.05) is 35.9 Å². The largest absolute Gasteiger partial charge is 0.433 e. The maximum atomic E-state index is 12.3. The van der Waals surface area contributed by atoms with Gasteiger partial charge in [0.15, 0.2) is 0 Å². The first-order chi connectivity index (χ1) is 9.58. The van der Waals surface area contributed by atoms with Crippen LogP contribution in [0.5, 0.6) is 5.75 Å². The average molecular weight is 298 g/mol. The number of halogens is 3. The molecule has 6 heteroatoms. The predicted molar refractivity (Wildman–Crippen MR) is 72.5 cm³/mol. The lowest BCUT2D eigenvalue weighted by Crippen LogP contribution is -2.14. The topological polar surface area (TPSA) is 38.3 Å². The minimum Gasteiger partial charge on any atom is -0.433 e. The maximum Gasteiger partial charge on any atom is 0.387 e. The number of anilines is 1. The van der Waals surface area contributed by atoms with E-state index in [0.29, 0.717) is 0 Å². The molecule has 0 aromatic heterocycles. The van der Waals surface area contributed by atoms with E-state index in [1.54, 1.807) is 24.3 Å². The van der Waals surface area contributed by atoms with Gasteiger partial charge in [-0.3, -0.25) is 4.79 Å². The summed E-state index contributed by atoms with van der Waals surface area (Å²) in [6.07, 6.45) is 0. The molecule has 0 spiro atoms. The summed E-state index contributed by atoms with van der Waals surface area (Å²) in [4.78, 5) is 12.0. The van der Waals surface area contributed by atoms with E-state index < -0.39 is 12.5 Å². The molecule has 3 nitrogen and oxygen atoms in total. The van der Waals surface area contributed by atoms with Crippen LogP contribution >= 0.6 is 11.6 Å². The van der Waals surface area contributed by atoms with E-state index in [1.165, 1.54) is 24.3 Å². The first-order valence-corrected chi connectivity index (χ1v) is 6.05. The van der Waals surface area contributed by atoms with E-state index in [9.17, 15) is 13.6 Å². The lowest BCUT2D eigenvalue weighted by molar-refractivity contribution is -0.0493. The second-order valence-corrected chi connectivity index (χ2v) is 4.22. The summed E-state index contributed by atoms with van der Waals surface area (Å²) in [6.45, 7) is -2.96. The normalized spacial score (nSPS) is 10.4. The third-order valence-corrected chi connectivity index (χ3v) is 2.80.